The Morgan fingerprint density at radius 3 is 2.79 bits per heavy atom. The van der Waals surface area contributed by atoms with E-state index in [4.69, 9.17) is 0 Å². The lowest BCUT2D eigenvalue weighted by atomic mass is 10.0. The van der Waals surface area contributed by atoms with E-state index in [1.165, 1.54) is 0 Å². The number of likely N-dealkylation sites (N-methyl/N-ethyl adjacent to an activating group) is 1. The van der Waals surface area contributed by atoms with Gasteiger partial charge in [0.05, 0.1) is 13.0 Å². The van der Waals surface area contributed by atoms with Crippen molar-refractivity contribution >= 4 is 16.6 Å². The summed E-state index contributed by atoms with van der Waals surface area (Å²) in [6.45, 7) is 4.61. The van der Waals surface area contributed by atoms with Crippen LogP contribution in [0.2, 0.25) is 0 Å². The lowest BCUT2D eigenvalue weighted by Crippen LogP contribution is -2.34. The van der Waals surface area contributed by atoms with Crippen molar-refractivity contribution in [1.82, 2.24) is 19.8 Å². The van der Waals surface area contributed by atoms with E-state index in [1.807, 2.05) is 24.5 Å². The summed E-state index contributed by atoms with van der Waals surface area (Å²) in [5, 5.41) is 2.19. The van der Waals surface area contributed by atoms with Gasteiger partial charge in [0.15, 0.2) is 5.78 Å². The van der Waals surface area contributed by atoms with Crippen LogP contribution in [0.3, 0.4) is 0 Å². The Kier molecular flexibility index (Phi) is 5.74. The van der Waals surface area contributed by atoms with Gasteiger partial charge in [-0.2, -0.15) is 0 Å². The van der Waals surface area contributed by atoms with Gasteiger partial charge in [0, 0.05) is 48.3 Å². The topological polar surface area (TPSA) is 49.3 Å². The molecule has 1 aromatic carbocycles. The second-order valence-electron chi connectivity index (χ2n) is 7.63. The highest BCUT2D eigenvalue weighted by Crippen LogP contribution is 2.24. The van der Waals surface area contributed by atoms with Gasteiger partial charge in [0.2, 0.25) is 0 Å². The van der Waals surface area contributed by atoms with E-state index in [0.29, 0.717) is 13.0 Å². The molecule has 0 radical (unpaired) electrons. The first-order chi connectivity index (χ1) is 13.7. The molecule has 144 valence electrons. The van der Waals surface area contributed by atoms with Crippen molar-refractivity contribution in [2.24, 2.45) is 0 Å². The van der Waals surface area contributed by atoms with Crippen molar-refractivity contribution < 1.29 is 4.79 Å². The maximum atomic E-state index is 12.6. The summed E-state index contributed by atoms with van der Waals surface area (Å²) in [6.07, 6.45) is 7.02. The fourth-order valence-corrected chi connectivity index (χ4v) is 3.76. The number of rotatable bonds is 5. The molecular weight excluding hydrogens is 348 g/mol. The number of aromatic nitrogens is 2. The molecule has 4 rings (SSSR count). The molecule has 1 aliphatic heterocycles. The van der Waals surface area contributed by atoms with E-state index in [9.17, 15) is 4.79 Å². The van der Waals surface area contributed by atoms with Crippen LogP contribution in [0.25, 0.3) is 21.9 Å². The molecule has 3 heterocycles. The van der Waals surface area contributed by atoms with Gasteiger partial charge in [-0.1, -0.05) is 18.2 Å². The number of carbonyl (C=O) groups is 1. The predicted octanol–water partition coefficient (Wildman–Crippen LogP) is 3.05. The Morgan fingerprint density at radius 2 is 1.93 bits per heavy atom. The monoisotopic (exact) mass is 374 g/mol. The largest absolute Gasteiger partial charge is 0.305 e. The molecule has 3 aromatic rings. The number of hydrogen-bond acceptors (Lipinski definition) is 5. The SMILES string of the molecule is CN1CCCN(CC(=O)Cc2cc3cc(-c4cccnc4)ccc3cn2)CC1. The highest BCUT2D eigenvalue weighted by atomic mass is 16.1. The van der Waals surface area contributed by atoms with E-state index in [0.717, 1.165) is 60.2 Å². The minimum Gasteiger partial charge on any atom is -0.305 e. The molecule has 5 nitrogen and oxygen atoms in total. The van der Waals surface area contributed by atoms with E-state index < -0.39 is 0 Å². The molecule has 0 N–H and O–H groups in total. The van der Waals surface area contributed by atoms with Crippen LogP contribution in [0.15, 0.2) is 55.0 Å². The van der Waals surface area contributed by atoms with E-state index in [1.54, 1.807) is 6.20 Å². The van der Waals surface area contributed by atoms with Crippen LogP contribution in [0, 0.1) is 0 Å². The van der Waals surface area contributed by atoms with Crippen LogP contribution in [0.5, 0.6) is 0 Å². The highest BCUT2D eigenvalue weighted by molar-refractivity contribution is 5.88. The van der Waals surface area contributed by atoms with Gasteiger partial charge < -0.3 is 4.90 Å². The molecule has 0 saturated carbocycles. The van der Waals surface area contributed by atoms with Crippen LogP contribution < -0.4 is 0 Å². The maximum absolute atomic E-state index is 12.6. The minimum atomic E-state index is 0.236. The number of hydrogen-bond donors (Lipinski definition) is 0. The van der Waals surface area contributed by atoms with Crippen LogP contribution in [0.1, 0.15) is 12.1 Å². The Labute approximate surface area is 166 Å². The zero-order valence-electron chi connectivity index (χ0n) is 16.3. The number of nitrogens with zero attached hydrogens (tertiary/aromatic N) is 4. The van der Waals surface area contributed by atoms with Crippen molar-refractivity contribution in [3.05, 3.63) is 60.7 Å². The number of Topliss-reactive ketones (excluding diaryl/α,β-unsaturated/α-hetero) is 1. The van der Waals surface area contributed by atoms with Crippen LogP contribution in [-0.2, 0) is 11.2 Å². The molecule has 0 atom stereocenters. The number of carbonyl (C=O) groups excluding carboxylic acids is 1. The first-order valence-electron chi connectivity index (χ1n) is 9.89. The molecule has 0 bridgehead atoms. The van der Waals surface area contributed by atoms with Crippen LogP contribution in [-0.4, -0.2) is 65.3 Å². The third-order valence-corrected chi connectivity index (χ3v) is 5.36. The van der Waals surface area contributed by atoms with Crippen molar-refractivity contribution in [3.63, 3.8) is 0 Å². The van der Waals surface area contributed by atoms with Crippen molar-refractivity contribution in [3.8, 4) is 11.1 Å². The molecule has 1 fully saturated rings. The van der Waals surface area contributed by atoms with E-state index >= 15 is 0 Å². The van der Waals surface area contributed by atoms with Crippen LogP contribution >= 0.6 is 0 Å². The summed E-state index contributed by atoms with van der Waals surface area (Å²) in [4.78, 5) is 25.9. The highest BCUT2D eigenvalue weighted by Gasteiger charge is 2.16. The van der Waals surface area contributed by atoms with Gasteiger partial charge in [-0.25, -0.2) is 0 Å². The van der Waals surface area contributed by atoms with E-state index in [2.05, 4.69) is 51.1 Å². The standard InChI is InChI=1S/C23H26N4O/c1-26-8-3-9-27(11-10-26)17-23(28)14-22-13-21-12-18(5-6-20(21)16-25-22)19-4-2-7-24-15-19/h2,4-7,12-13,15-16H,3,8-11,14,17H2,1H3. The Balaban J connectivity index is 1.47. The predicted molar refractivity (Wildman–Crippen MR) is 112 cm³/mol. The molecule has 0 aliphatic carbocycles. The lowest BCUT2D eigenvalue weighted by molar-refractivity contribution is -0.119. The van der Waals surface area contributed by atoms with Gasteiger partial charge in [0.25, 0.3) is 0 Å². The first-order valence-corrected chi connectivity index (χ1v) is 9.89. The summed E-state index contributed by atoms with van der Waals surface area (Å²) in [5.41, 5.74) is 3.05. The molecule has 0 spiro atoms. The minimum absolute atomic E-state index is 0.236. The second kappa shape index (κ2) is 8.59. The second-order valence-corrected chi connectivity index (χ2v) is 7.63. The normalized spacial score (nSPS) is 16.2. The summed E-state index contributed by atoms with van der Waals surface area (Å²) in [7, 11) is 2.14. The summed E-state index contributed by atoms with van der Waals surface area (Å²) in [6, 6.07) is 12.3. The van der Waals surface area contributed by atoms with Crippen molar-refractivity contribution in [2.45, 2.75) is 12.8 Å². The Hall–Kier alpha value is -2.63. The van der Waals surface area contributed by atoms with E-state index in [-0.39, 0.29) is 5.78 Å². The van der Waals surface area contributed by atoms with Gasteiger partial charge >= 0.3 is 0 Å². The molecule has 1 saturated heterocycles. The molecule has 0 amide bonds. The third kappa shape index (κ3) is 4.61. The average Bonchev–Trinajstić information content (AvgIpc) is 2.92. The fraction of sp³-hybridized carbons (Fsp3) is 0.348. The van der Waals surface area contributed by atoms with Gasteiger partial charge in [0.1, 0.15) is 0 Å². The molecule has 2 aromatic heterocycles. The molecular formula is C23H26N4O. The number of benzene rings is 1. The maximum Gasteiger partial charge on any atom is 0.152 e. The van der Waals surface area contributed by atoms with Crippen LogP contribution in [0.4, 0.5) is 0 Å². The third-order valence-electron chi connectivity index (χ3n) is 5.36. The van der Waals surface area contributed by atoms with Gasteiger partial charge in [-0.15, -0.1) is 0 Å². The fourth-order valence-electron chi connectivity index (χ4n) is 3.76. The Morgan fingerprint density at radius 1 is 1.00 bits per heavy atom. The van der Waals surface area contributed by atoms with Gasteiger partial charge in [-0.05, 0) is 55.7 Å². The summed E-state index contributed by atoms with van der Waals surface area (Å²) >= 11 is 0. The summed E-state index contributed by atoms with van der Waals surface area (Å²) < 4.78 is 0. The van der Waals surface area contributed by atoms with Crippen molar-refractivity contribution in [2.75, 3.05) is 39.8 Å². The zero-order chi connectivity index (χ0) is 19.3. The summed E-state index contributed by atoms with van der Waals surface area (Å²) in [5.74, 6) is 0.236. The number of ketones is 1. The number of pyridine rings is 2. The Bertz CT molecular complexity index is 957. The van der Waals surface area contributed by atoms with Crippen molar-refractivity contribution in [1.29, 1.82) is 0 Å². The quantitative estimate of drug-likeness (QED) is 0.687. The average molecular weight is 374 g/mol. The number of fused-ring (bicyclic) bond motifs is 1. The molecule has 1 aliphatic rings. The smallest absolute Gasteiger partial charge is 0.152 e. The van der Waals surface area contributed by atoms with Gasteiger partial charge in [-0.3, -0.25) is 19.7 Å². The first kappa shape index (κ1) is 18.7. The zero-order valence-corrected chi connectivity index (χ0v) is 16.3. The molecule has 28 heavy (non-hydrogen) atoms. The lowest BCUT2D eigenvalue weighted by Gasteiger charge is -2.19. The molecule has 0 unspecified atom stereocenters. The molecule has 5 heteroatoms.